The lowest BCUT2D eigenvalue weighted by Gasteiger charge is -2.48. The van der Waals surface area contributed by atoms with Gasteiger partial charge in [-0.25, -0.2) is 0 Å². The van der Waals surface area contributed by atoms with Crippen LogP contribution in [0.3, 0.4) is 0 Å². The number of alkyl halides is 1. The molecule has 0 saturated heterocycles. The predicted octanol–water partition coefficient (Wildman–Crippen LogP) is 3.74. The normalized spacial score (nSPS) is 51.2. The van der Waals surface area contributed by atoms with Gasteiger partial charge in [-0.05, 0) is 56.8 Å². The standard InChI is InChI=1S/C13H23BrO/c1-3-10-11-6-7-13(2,15)8-9(11)4-5-12(10)14/h9-12,15H,3-8H2,1-2H3/t9-,10-,11+,12?,13-/m1/s1. The summed E-state index contributed by atoms with van der Waals surface area (Å²) in [6, 6.07) is 0. The summed E-state index contributed by atoms with van der Waals surface area (Å²) in [6.45, 7) is 4.33. The number of fused-ring (bicyclic) bond motifs is 1. The van der Waals surface area contributed by atoms with Gasteiger partial charge in [-0.1, -0.05) is 29.3 Å². The Morgan fingerprint density at radius 2 is 2.07 bits per heavy atom. The van der Waals surface area contributed by atoms with E-state index in [1.807, 2.05) is 6.92 Å². The third-order valence-electron chi connectivity index (χ3n) is 4.62. The molecule has 1 nitrogen and oxygen atoms in total. The molecule has 0 heterocycles. The van der Waals surface area contributed by atoms with Crippen molar-refractivity contribution >= 4 is 15.9 Å². The predicted molar refractivity (Wildman–Crippen MR) is 67.2 cm³/mol. The summed E-state index contributed by atoms with van der Waals surface area (Å²) in [4.78, 5) is 0.729. The van der Waals surface area contributed by atoms with E-state index < -0.39 is 0 Å². The van der Waals surface area contributed by atoms with Gasteiger partial charge in [0.2, 0.25) is 0 Å². The summed E-state index contributed by atoms with van der Waals surface area (Å²) >= 11 is 3.84. The Morgan fingerprint density at radius 1 is 1.33 bits per heavy atom. The van der Waals surface area contributed by atoms with Crippen LogP contribution in [0.5, 0.6) is 0 Å². The van der Waals surface area contributed by atoms with Crippen LogP contribution in [0.2, 0.25) is 0 Å². The first-order valence-electron chi connectivity index (χ1n) is 6.40. The first-order valence-corrected chi connectivity index (χ1v) is 7.31. The van der Waals surface area contributed by atoms with Gasteiger partial charge in [0.15, 0.2) is 0 Å². The van der Waals surface area contributed by atoms with Crippen molar-refractivity contribution in [2.24, 2.45) is 17.8 Å². The van der Waals surface area contributed by atoms with Crippen LogP contribution in [-0.4, -0.2) is 15.5 Å². The third-order valence-corrected chi connectivity index (χ3v) is 5.76. The first-order chi connectivity index (χ1) is 7.03. The van der Waals surface area contributed by atoms with Crippen molar-refractivity contribution in [3.05, 3.63) is 0 Å². The number of rotatable bonds is 1. The smallest absolute Gasteiger partial charge is 0.0622 e. The van der Waals surface area contributed by atoms with Crippen molar-refractivity contribution in [3.63, 3.8) is 0 Å². The molecular formula is C13H23BrO. The molecule has 0 bridgehead atoms. The summed E-state index contributed by atoms with van der Waals surface area (Å²) in [6.07, 6.45) is 7.18. The molecule has 0 amide bonds. The van der Waals surface area contributed by atoms with Crippen molar-refractivity contribution in [2.75, 3.05) is 0 Å². The molecule has 0 aromatic rings. The van der Waals surface area contributed by atoms with E-state index in [2.05, 4.69) is 22.9 Å². The molecule has 2 fully saturated rings. The van der Waals surface area contributed by atoms with Gasteiger partial charge in [-0.15, -0.1) is 0 Å². The second kappa shape index (κ2) is 4.37. The highest BCUT2D eigenvalue weighted by atomic mass is 79.9. The maximum atomic E-state index is 10.1. The monoisotopic (exact) mass is 274 g/mol. The molecule has 0 spiro atoms. The lowest BCUT2D eigenvalue weighted by atomic mass is 9.61. The zero-order valence-corrected chi connectivity index (χ0v) is 11.5. The maximum Gasteiger partial charge on any atom is 0.0622 e. The Kier molecular flexibility index (Phi) is 3.47. The largest absolute Gasteiger partial charge is 0.390 e. The van der Waals surface area contributed by atoms with Crippen LogP contribution in [0.4, 0.5) is 0 Å². The van der Waals surface area contributed by atoms with Crippen LogP contribution >= 0.6 is 15.9 Å². The van der Waals surface area contributed by atoms with E-state index in [9.17, 15) is 5.11 Å². The van der Waals surface area contributed by atoms with Crippen LogP contribution < -0.4 is 0 Å². The minimum atomic E-state index is -0.376. The van der Waals surface area contributed by atoms with E-state index in [-0.39, 0.29) is 5.60 Å². The van der Waals surface area contributed by atoms with Crippen LogP contribution in [0, 0.1) is 17.8 Å². The average Bonchev–Trinajstić information content (AvgIpc) is 2.17. The van der Waals surface area contributed by atoms with E-state index in [4.69, 9.17) is 0 Å². The van der Waals surface area contributed by atoms with Gasteiger partial charge in [0, 0.05) is 4.83 Å². The second-order valence-corrected chi connectivity index (χ2v) is 7.01. The fourth-order valence-corrected chi connectivity index (χ4v) is 4.86. The van der Waals surface area contributed by atoms with Gasteiger partial charge >= 0.3 is 0 Å². The first kappa shape index (κ1) is 11.9. The molecule has 5 atom stereocenters. The Bertz CT molecular complexity index is 227. The molecule has 88 valence electrons. The molecule has 2 heteroatoms. The van der Waals surface area contributed by atoms with Gasteiger partial charge < -0.3 is 5.11 Å². The molecule has 0 aliphatic heterocycles. The zero-order chi connectivity index (χ0) is 11.1. The Balaban J connectivity index is 2.07. The lowest BCUT2D eigenvalue weighted by Crippen LogP contribution is -2.44. The van der Waals surface area contributed by atoms with E-state index >= 15 is 0 Å². The van der Waals surface area contributed by atoms with Gasteiger partial charge in [0.25, 0.3) is 0 Å². The quantitative estimate of drug-likeness (QED) is 0.723. The summed E-state index contributed by atoms with van der Waals surface area (Å²) in [5, 5.41) is 10.1. The van der Waals surface area contributed by atoms with Gasteiger partial charge in [-0.2, -0.15) is 0 Å². The molecule has 0 aromatic heterocycles. The van der Waals surface area contributed by atoms with Gasteiger partial charge in [0.05, 0.1) is 5.60 Å². The lowest BCUT2D eigenvalue weighted by molar-refractivity contribution is -0.0444. The molecule has 1 N–H and O–H groups in total. The minimum Gasteiger partial charge on any atom is -0.390 e. The molecule has 2 aliphatic rings. The molecule has 2 saturated carbocycles. The number of hydrogen-bond acceptors (Lipinski definition) is 1. The average molecular weight is 275 g/mol. The minimum absolute atomic E-state index is 0.376. The fraction of sp³-hybridized carbons (Fsp3) is 1.00. The molecule has 2 rings (SSSR count). The second-order valence-electron chi connectivity index (χ2n) is 5.83. The topological polar surface area (TPSA) is 20.2 Å². The maximum absolute atomic E-state index is 10.1. The summed E-state index contributed by atoms with van der Waals surface area (Å²) in [7, 11) is 0. The summed E-state index contributed by atoms with van der Waals surface area (Å²) in [5.74, 6) is 2.50. The van der Waals surface area contributed by atoms with Crippen molar-refractivity contribution in [1.29, 1.82) is 0 Å². The van der Waals surface area contributed by atoms with Gasteiger partial charge in [0.1, 0.15) is 0 Å². The van der Waals surface area contributed by atoms with Crippen LogP contribution in [0.15, 0.2) is 0 Å². The Hall–Kier alpha value is 0.440. The van der Waals surface area contributed by atoms with Crippen molar-refractivity contribution in [2.45, 2.75) is 62.8 Å². The fourth-order valence-electron chi connectivity index (χ4n) is 3.83. The van der Waals surface area contributed by atoms with Crippen LogP contribution in [-0.2, 0) is 0 Å². The molecule has 15 heavy (non-hydrogen) atoms. The van der Waals surface area contributed by atoms with E-state index in [1.165, 1.54) is 25.7 Å². The highest BCUT2D eigenvalue weighted by Gasteiger charge is 2.43. The van der Waals surface area contributed by atoms with Gasteiger partial charge in [-0.3, -0.25) is 0 Å². The highest BCUT2D eigenvalue weighted by Crippen LogP contribution is 2.49. The van der Waals surface area contributed by atoms with E-state index in [0.717, 1.165) is 35.4 Å². The summed E-state index contributed by atoms with van der Waals surface area (Å²) < 4.78 is 0. The van der Waals surface area contributed by atoms with E-state index in [1.54, 1.807) is 0 Å². The number of aliphatic hydroxyl groups is 1. The number of halogens is 1. The summed E-state index contributed by atoms with van der Waals surface area (Å²) in [5.41, 5.74) is -0.376. The molecule has 0 radical (unpaired) electrons. The third kappa shape index (κ3) is 2.41. The molecular weight excluding hydrogens is 252 g/mol. The van der Waals surface area contributed by atoms with E-state index in [0.29, 0.717) is 0 Å². The Labute approximate surface area is 102 Å². The zero-order valence-electron chi connectivity index (χ0n) is 9.88. The van der Waals surface area contributed by atoms with Crippen LogP contribution in [0.25, 0.3) is 0 Å². The molecule has 1 unspecified atom stereocenters. The molecule has 2 aliphatic carbocycles. The number of hydrogen-bond donors (Lipinski definition) is 1. The van der Waals surface area contributed by atoms with Crippen molar-refractivity contribution in [3.8, 4) is 0 Å². The van der Waals surface area contributed by atoms with Crippen molar-refractivity contribution in [1.82, 2.24) is 0 Å². The SMILES string of the molecule is CC[C@H]1C(Br)CC[C@@H]2C[C@](C)(O)CC[C@@H]21. The molecule has 0 aromatic carbocycles. The Morgan fingerprint density at radius 3 is 2.73 bits per heavy atom. The highest BCUT2D eigenvalue weighted by molar-refractivity contribution is 9.09. The van der Waals surface area contributed by atoms with Crippen molar-refractivity contribution < 1.29 is 5.11 Å². The van der Waals surface area contributed by atoms with Crippen LogP contribution in [0.1, 0.15) is 52.4 Å².